The molecule has 0 fully saturated rings. The fraction of sp³-hybridized carbons (Fsp3) is 0.111. The van der Waals surface area contributed by atoms with Gasteiger partial charge < -0.3 is 9.47 Å². The molecule has 0 radical (unpaired) electrons. The Balaban J connectivity index is 2.03. The van der Waals surface area contributed by atoms with Crippen molar-refractivity contribution < 1.29 is 14.3 Å². The number of aryl methyl sites for hydroxylation is 1. The Morgan fingerprint density at radius 2 is 1.88 bits per heavy atom. The maximum Gasteiger partial charge on any atom is 0.363 e. The number of nitrogens with zero attached hydrogens (tertiary/aromatic N) is 1. The summed E-state index contributed by atoms with van der Waals surface area (Å²) in [5, 5.41) is 0. The highest BCUT2D eigenvalue weighted by atomic mass is 127. The maximum atomic E-state index is 12.2. The summed E-state index contributed by atoms with van der Waals surface area (Å²) in [6.07, 6.45) is 1.71. The van der Waals surface area contributed by atoms with E-state index in [2.05, 4.69) is 72.8 Å². The molecule has 2 aromatic rings. The van der Waals surface area contributed by atoms with Gasteiger partial charge in [-0.15, -0.1) is 0 Å². The second-order valence-electron chi connectivity index (χ2n) is 5.31. The zero-order valence-electron chi connectivity index (χ0n) is 13.3. The molecule has 0 aliphatic carbocycles. The van der Waals surface area contributed by atoms with Gasteiger partial charge in [-0.05, 0) is 117 Å². The molecule has 1 aliphatic rings. The maximum absolute atomic E-state index is 12.2. The zero-order chi connectivity index (χ0) is 18.1. The predicted octanol–water partition coefficient (Wildman–Crippen LogP) is 5.16. The molecule has 0 saturated carbocycles. The summed E-state index contributed by atoms with van der Waals surface area (Å²) in [7, 11) is 1.61. The number of methoxy groups -OCH3 is 1. The highest BCUT2D eigenvalue weighted by Gasteiger charge is 2.25. The Kier molecular flexibility index (Phi) is 6.03. The molecule has 1 heterocycles. The first-order valence-electron chi connectivity index (χ1n) is 7.21. The van der Waals surface area contributed by atoms with Gasteiger partial charge in [0, 0.05) is 18.3 Å². The molecule has 0 N–H and O–H groups in total. The number of cyclic esters (lactones) is 1. The van der Waals surface area contributed by atoms with Gasteiger partial charge in [0.05, 0.1) is 10.7 Å². The predicted molar refractivity (Wildman–Crippen MR) is 123 cm³/mol. The Labute approximate surface area is 186 Å². The molecular weight excluding hydrogens is 659 g/mol. The first-order valence-corrected chi connectivity index (χ1v) is 10.4. The lowest BCUT2D eigenvalue weighted by Gasteiger charge is -2.08. The van der Waals surface area contributed by atoms with Gasteiger partial charge >= 0.3 is 5.97 Å². The summed E-state index contributed by atoms with van der Waals surface area (Å²) in [4.78, 5) is 16.6. The number of carbonyl (C=O) groups is 1. The molecule has 0 saturated heterocycles. The second kappa shape index (κ2) is 7.91. The number of aliphatic imine (C=N–C) groups is 1. The van der Waals surface area contributed by atoms with E-state index in [0.717, 1.165) is 33.2 Å². The Morgan fingerprint density at radius 1 is 1.12 bits per heavy atom. The summed E-state index contributed by atoms with van der Waals surface area (Å²) in [5.74, 6) is 0.590. The van der Waals surface area contributed by atoms with Crippen molar-refractivity contribution in [3.05, 3.63) is 63.4 Å². The quantitative estimate of drug-likeness (QED) is 0.258. The van der Waals surface area contributed by atoms with Gasteiger partial charge in [-0.3, -0.25) is 0 Å². The third-order valence-electron chi connectivity index (χ3n) is 3.56. The summed E-state index contributed by atoms with van der Waals surface area (Å²) in [6.45, 7) is 2.01. The topological polar surface area (TPSA) is 47.9 Å². The Morgan fingerprint density at radius 3 is 2.56 bits per heavy atom. The average molecular weight is 671 g/mol. The standard InChI is InChI=1S/C18H12I3NO3/c1-9-5-10(3-4-13(9)20)17-22-15(18(23)25-17)7-11-6-12(19)8-14(21)16(11)24-2/h3-8H,1-2H3/b15-7-. The van der Waals surface area contributed by atoms with Gasteiger partial charge in [0.2, 0.25) is 5.90 Å². The van der Waals surface area contributed by atoms with Crippen LogP contribution in [0.4, 0.5) is 0 Å². The Hall–Kier alpha value is -0.690. The van der Waals surface area contributed by atoms with Crippen molar-refractivity contribution in [3.8, 4) is 5.75 Å². The van der Waals surface area contributed by atoms with Crippen LogP contribution >= 0.6 is 67.8 Å². The first kappa shape index (κ1) is 19.1. The Bertz CT molecular complexity index is 935. The summed E-state index contributed by atoms with van der Waals surface area (Å²) >= 11 is 6.71. The number of benzene rings is 2. The van der Waals surface area contributed by atoms with E-state index in [-0.39, 0.29) is 5.70 Å². The molecule has 7 heteroatoms. The van der Waals surface area contributed by atoms with E-state index in [1.165, 1.54) is 0 Å². The van der Waals surface area contributed by atoms with Crippen LogP contribution in [0.3, 0.4) is 0 Å². The molecule has 0 bridgehead atoms. The molecule has 0 atom stereocenters. The van der Waals surface area contributed by atoms with Gasteiger partial charge in [0.25, 0.3) is 0 Å². The van der Waals surface area contributed by atoms with Crippen LogP contribution in [0.1, 0.15) is 16.7 Å². The third-order valence-corrected chi connectivity index (χ3v) is 6.19. The van der Waals surface area contributed by atoms with Gasteiger partial charge in [-0.25, -0.2) is 9.79 Å². The van der Waals surface area contributed by atoms with Crippen molar-refractivity contribution in [2.24, 2.45) is 4.99 Å². The van der Waals surface area contributed by atoms with Gasteiger partial charge in [-0.1, -0.05) is 0 Å². The van der Waals surface area contributed by atoms with E-state index in [4.69, 9.17) is 9.47 Å². The summed E-state index contributed by atoms with van der Waals surface area (Å²) in [5.41, 5.74) is 2.97. The molecule has 0 unspecified atom stereocenters. The zero-order valence-corrected chi connectivity index (χ0v) is 19.7. The van der Waals surface area contributed by atoms with Gasteiger partial charge in [-0.2, -0.15) is 0 Å². The van der Waals surface area contributed by atoms with E-state index in [1.54, 1.807) is 13.2 Å². The molecule has 0 amide bonds. The minimum absolute atomic E-state index is 0.266. The highest BCUT2D eigenvalue weighted by Crippen LogP contribution is 2.31. The number of hydrogen-bond acceptors (Lipinski definition) is 4. The average Bonchev–Trinajstić information content (AvgIpc) is 2.90. The number of esters is 1. The lowest BCUT2D eigenvalue weighted by Crippen LogP contribution is -2.05. The molecule has 2 aromatic carbocycles. The van der Waals surface area contributed by atoms with Crippen LogP contribution in [0.15, 0.2) is 41.0 Å². The lowest BCUT2D eigenvalue weighted by molar-refractivity contribution is -0.129. The molecular formula is C18H12I3NO3. The fourth-order valence-corrected chi connectivity index (χ4v) is 4.81. The van der Waals surface area contributed by atoms with E-state index in [0.29, 0.717) is 5.90 Å². The largest absolute Gasteiger partial charge is 0.495 e. The number of ether oxygens (including phenoxy) is 2. The van der Waals surface area contributed by atoms with Crippen molar-refractivity contribution in [2.45, 2.75) is 6.92 Å². The van der Waals surface area contributed by atoms with E-state index < -0.39 is 5.97 Å². The van der Waals surface area contributed by atoms with Crippen LogP contribution in [0, 0.1) is 17.6 Å². The number of rotatable bonds is 3. The number of carbonyl (C=O) groups excluding carboxylic acids is 1. The fourth-order valence-electron chi connectivity index (χ4n) is 2.36. The molecule has 25 heavy (non-hydrogen) atoms. The second-order valence-corrected chi connectivity index (χ2v) is 8.88. The van der Waals surface area contributed by atoms with Gasteiger partial charge in [0.1, 0.15) is 5.75 Å². The molecule has 128 valence electrons. The van der Waals surface area contributed by atoms with Crippen molar-refractivity contribution in [1.82, 2.24) is 0 Å². The molecule has 1 aliphatic heterocycles. The highest BCUT2D eigenvalue weighted by molar-refractivity contribution is 14.1. The SMILES string of the molecule is COc1c(I)cc(I)cc1/C=C1\N=C(c2ccc(I)c(C)c2)OC1=O. The van der Waals surface area contributed by atoms with Crippen LogP contribution in [0.25, 0.3) is 6.08 Å². The van der Waals surface area contributed by atoms with E-state index in [1.807, 2.05) is 37.3 Å². The third kappa shape index (κ3) is 4.18. The van der Waals surface area contributed by atoms with Crippen molar-refractivity contribution in [2.75, 3.05) is 7.11 Å². The van der Waals surface area contributed by atoms with Gasteiger partial charge in [0.15, 0.2) is 5.70 Å². The summed E-state index contributed by atoms with van der Waals surface area (Å²) < 4.78 is 14.0. The first-order chi connectivity index (χ1) is 11.9. The minimum Gasteiger partial charge on any atom is -0.495 e. The molecule has 3 rings (SSSR count). The van der Waals surface area contributed by atoms with Crippen LogP contribution in [-0.2, 0) is 9.53 Å². The minimum atomic E-state index is -0.456. The number of hydrogen-bond donors (Lipinski definition) is 0. The smallest absolute Gasteiger partial charge is 0.363 e. The van der Waals surface area contributed by atoms with Crippen LogP contribution in [0.2, 0.25) is 0 Å². The van der Waals surface area contributed by atoms with E-state index in [9.17, 15) is 4.79 Å². The van der Waals surface area contributed by atoms with Crippen LogP contribution < -0.4 is 4.74 Å². The van der Waals surface area contributed by atoms with Crippen LogP contribution in [0.5, 0.6) is 5.75 Å². The van der Waals surface area contributed by atoms with Crippen molar-refractivity contribution >= 4 is 85.7 Å². The van der Waals surface area contributed by atoms with Crippen molar-refractivity contribution in [3.63, 3.8) is 0 Å². The molecule has 0 aromatic heterocycles. The van der Waals surface area contributed by atoms with Crippen molar-refractivity contribution in [1.29, 1.82) is 0 Å². The number of halogens is 3. The lowest BCUT2D eigenvalue weighted by atomic mass is 10.1. The molecule has 4 nitrogen and oxygen atoms in total. The molecule has 0 spiro atoms. The van der Waals surface area contributed by atoms with E-state index >= 15 is 0 Å². The monoisotopic (exact) mass is 671 g/mol. The normalized spacial score (nSPS) is 15.3. The summed E-state index contributed by atoms with van der Waals surface area (Å²) in [6, 6.07) is 9.81. The van der Waals surface area contributed by atoms with Crippen LogP contribution in [-0.4, -0.2) is 19.0 Å².